The zero-order chi connectivity index (χ0) is 22.7. The van der Waals surface area contributed by atoms with Gasteiger partial charge in [-0.15, -0.1) is 0 Å². The van der Waals surface area contributed by atoms with Crippen molar-refractivity contribution in [2.24, 2.45) is 0 Å². The molecule has 2 aromatic rings. The Morgan fingerprint density at radius 3 is 2.06 bits per heavy atom. The summed E-state index contributed by atoms with van der Waals surface area (Å²) in [5, 5.41) is 11.6. The molecule has 0 saturated carbocycles. The third kappa shape index (κ3) is 3.86. The number of benzene rings is 2. The molecule has 32 heavy (non-hydrogen) atoms. The summed E-state index contributed by atoms with van der Waals surface area (Å²) < 4.78 is 44.2. The highest BCUT2D eigenvalue weighted by molar-refractivity contribution is 7.67. The van der Waals surface area contributed by atoms with Gasteiger partial charge in [-0.3, -0.25) is 4.57 Å². The Hall–Kier alpha value is -1.57. The summed E-state index contributed by atoms with van der Waals surface area (Å²) in [4.78, 5) is 0. The summed E-state index contributed by atoms with van der Waals surface area (Å²) in [6.07, 6.45) is -2.66. The largest absolute Gasteiger partial charge is 0.380 e. The molecule has 0 spiro atoms. The van der Waals surface area contributed by atoms with Gasteiger partial charge in [0.05, 0.1) is 6.61 Å². The highest BCUT2D eigenvalue weighted by atomic mass is 31.2. The van der Waals surface area contributed by atoms with Crippen LogP contribution in [0, 0.1) is 0 Å². The van der Waals surface area contributed by atoms with E-state index in [1.807, 2.05) is 56.3 Å². The van der Waals surface area contributed by atoms with E-state index >= 15 is 0 Å². The van der Waals surface area contributed by atoms with Crippen LogP contribution >= 0.6 is 7.37 Å². The average Bonchev–Trinajstić information content (AvgIpc) is 3.29. The fourth-order valence-electron chi connectivity index (χ4n) is 4.66. The first kappa shape index (κ1) is 22.2. The molecule has 1 N–H and O–H groups in total. The first-order valence-electron chi connectivity index (χ1n) is 10.9. The van der Waals surface area contributed by atoms with Crippen LogP contribution < -0.4 is 5.30 Å². The van der Waals surface area contributed by atoms with Crippen molar-refractivity contribution in [2.75, 3.05) is 6.61 Å². The van der Waals surface area contributed by atoms with Crippen molar-refractivity contribution in [3.05, 3.63) is 54.6 Å². The first-order valence-corrected chi connectivity index (χ1v) is 12.6. The van der Waals surface area contributed by atoms with E-state index in [-0.39, 0.29) is 6.61 Å². The lowest BCUT2D eigenvalue weighted by molar-refractivity contribution is -0.174. The Balaban J connectivity index is 1.49. The summed E-state index contributed by atoms with van der Waals surface area (Å²) in [6, 6.07) is 17.2. The molecular weight excluding hydrogens is 431 g/mol. The van der Waals surface area contributed by atoms with Crippen LogP contribution in [-0.2, 0) is 28.0 Å². The maximum absolute atomic E-state index is 14.2. The molecule has 3 aliphatic heterocycles. The van der Waals surface area contributed by atoms with E-state index in [1.54, 1.807) is 26.0 Å². The lowest BCUT2D eigenvalue weighted by Gasteiger charge is -2.41. The van der Waals surface area contributed by atoms with Crippen molar-refractivity contribution < 1.29 is 33.1 Å². The molecule has 3 saturated heterocycles. The van der Waals surface area contributed by atoms with Gasteiger partial charge in [0.15, 0.2) is 17.4 Å². The number of fused-ring (bicyclic) bond motifs is 1. The molecule has 8 heteroatoms. The summed E-state index contributed by atoms with van der Waals surface area (Å²) in [6.45, 7) is 7.45. The predicted molar refractivity (Wildman–Crippen MR) is 119 cm³/mol. The molecule has 0 radical (unpaired) electrons. The SMILES string of the molecule is CC1(C)O[C@H]2[C@@H]([C@H]3COC(C)(C)O3)O[P@@](=O)(c3ccc(-c4ccccc4)cc3)[C@@H](O)[C@H]2O1. The summed E-state index contributed by atoms with van der Waals surface area (Å²) in [5.74, 6) is -3.08. The fourth-order valence-corrected chi connectivity index (χ4v) is 7.01. The van der Waals surface area contributed by atoms with Crippen molar-refractivity contribution in [1.82, 2.24) is 0 Å². The lowest BCUT2D eigenvalue weighted by Crippen LogP contribution is -2.55. The third-order valence-electron chi connectivity index (χ3n) is 6.14. The van der Waals surface area contributed by atoms with Crippen molar-refractivity contribution in [3.63, 3.8) is 0 Å². The number of hydrogen-bond donors (Lipinski definition) is 1. The molecule has 5 rings (SSSR count). The Bertz CT molecular complexity index is 1020. The third-order valence-corrected chi connectivity index (χ3v) is 8.70. The molecule has 7 nitrogen and oxygen atoms in total. The van der Waals surface area contributed by atoms with Crippen LogP contribution in [0.1, 0.15) is 27.7 Å². The highest BCUT2D eigenvalue weighted by Gasteiger charge is 2.62. The van der Waals surface area contributed by atoms with Crippen LogP contribution in [0.4, 0.5) is 0 Å². The van der Waals surface area contributed by atoms with Crippen LogP contribution in [0.15, 0.2) is 54.6 Å². The molecule has 3 aliphatic rings. The van der Waals surface area contributed by atoms with Gasteiger partial charge in [-0.25, -0.2) is 0 Å². The molecule has 0 unspecified atom stereocenters. The van der Waals surface area contributed by atoms with E-state index in [2.05, 4.69) is 0 Å². The maximum Gasteiger partial charge on any atom is 0.262 e. The van der Waals surface area contributed by atoms with Gasteiger partial charge in [0.1, 0.15) is 24.4 Å². The van der Waals surface area contributed by atoms with Crippen LogP contribution in [0.2, 0.25) is 0 Å². The molecule has 0 aliphatic carbocycles. The highest BCUT2D eigenvalue weighted by Crippen LogP contribution is 2.60. The quantitative estimate of drug-likeness (QED) is 0.700. The van der Waals surface area contributed by atoms with Crippen molar-refractivity contribution in [2.45, 2.75) is 69.5 Å². The maximum atomic E-state index is 14.2. The zero-order valence-corrected chi connectivity index (χ0v) is 19.5. The number of hydrogen-bond acceptors (Lipinski definition) is 7. The number of ether oxygens (including phenoxy) is 4. The van der Waals surface area contributed by atoms with E-state index in [0.717, 1.165) is 11.1 Å². The zero-order valence-electron chi connectivity index (χ0n) is 18.6. The molecule has 6 atom stereocenters. The standard InChI is InChI=1S/C24H29O7P/c1-23(2)27-14-18(28-23)19-20-21(30-24(3,4)29-20)22(25)32(26,31-19)17-12-10-16(11-13-17)15-8-6-5-7-9-15/h5-13,18-22,25H,14H2,1-4H3/t18-,19-,20+,21+,22-,32+/m1/s1. The smallest absolute Gasteiger partial charge is 0.262 e. The predicted octanol–water partition coefficient (Wildman–Crippen LogP) is 3.65. The van der Waals surface area contributed by atoms with E-state index in [0.29, 0.717) is 5.30 Å². The van der Waals surface area contributed by atoms with Crippen molar-refractivity contribution >= 4 is 12.7 Å². The topological polar surface area (TPSA) is 83.5 Å². The molecule has 0 bridgehead atoms. The van der Waals surface area contributed by atoms with Gasteiger partial charge < -0.3 is 28.6 Å². The van der Waals surface area contributed by atoms with Gasteiger partial charge >= 0.3 is 0 Å². The molecular formula is C24H29O7P. The van der Waals surface area contributed by atoms with Crippen LogP contribution in [-0.4, -0.2) is 53.5 Å². The molecule has 3 heterocycles. The first-order chi connectivity index (χ1) is 15.1. The minimum Gasteiger partial charge on any atom is -0.380 e. The second-order valence-electron chi connectivity index (χ2n) is 9.43. The minimum absolute atomic E-state index is 0.272. The van der Waals surface area contributed by atoms with Gasteiger partial charge in [-0.05, 0) is 51.0 Å². The van der Waals surface area contributed by atoms with Gasteiger partial charge in [0.25, 0.3) is 7.37 Å². The molecule has 172 valence electrons. The van der Waals surface area contributed by atoms with Crippen LogP contribution in [0.25, 0.3) is 11.1 Å². The molecule has 3 fully saturated rings. The van der Waals surface area contributed by atoms with Gasteiger partial charge in [0, 0.05) is 5.30 Å². The minimum atomic E-state index is -3.73. The van der Waals surface area contributed by atoms with Crippen molar-refractivity contribution in [1.29, 1.82) is 0 Å². The summed E-state index contributed by atoms with van der Waals surface area (Å²) in [7, 11) is -3.73. The normalized spacial score (nSPS) is 37.8. The van der Waals surface area contributed by atoms with Gasteiger partial charge in [0.2, 0.25) is 0 Å². The molecule has 0 amide bonds. The summed E-state index contributed by atoms with van der Waals surface area (Å²) >= 11 is 0. The van der Waals surface area contributed by atoms with E-state index < -0.39 is 49.2 Å². The molecule has 0 aromatic heterocycles. The van der Waals surface area contributed by atoms with Crippen LogP contribution in [0.5, 0.6) is 0 Å². The Kier molecular flexibility index (Phi) is 5.38. The van der Waals surface area contributed by atoms with Gasteiger partial charge in [-0.1, -0.05) is 42.5 Å². The summed E-state index contributed by atoms with van der Waals surface area (Å²) in [5.41, 5.74) is 2.03. The second kappa shape index (κ2) is 7.74. The monoisotopic (exact) mass is 460 g/mol. The van der Waals surface area contributed by atoms with Crippen LogP contribution in [0.3, 0.4) is 0 Å². The van der Waals surface area contributed by atoms with Crippen molar-refractivity contribution in [3.8, 4) is 11.1 Å². The molecule has 2 aromatic carbocycles. The average molecular weight is 460 g/mol. The Labute approximate surface area is 188 Å². The number of aliphatic hydroxyl groups excluding tert-OH is 1. The number of aliphatic hydroxyl groups is 1. The van der Waals surface area contributed by atoms with E-state index in [1.165, 1.54) is 0 Å². The Morgan fingerprint density at radius 2 is 1.44 bits per heavy atom. The van der Waals surface area contributed by atoms with E-state index in [4.69, 9.17) is 23.5 Å². The Morgan fingerprint density at radius 1 is 0.812 bits per heavy atom. The second-order valence-corrected chi connectivity index (χ2v) is 11.9. The lowest BCUT2D eigenvalue weighted by atomic mass is 10.0. The fraction of sp³-hybridized carbons (Fsp3) is 0.500. The van der Waals surface area contributed by atoms with Gasteiger partial charge in [-0.2, -0.15) is 0 Å². The number of rotatable bonds is 3. The van der Waals surface area contributed by atoms with E-state index in [9.17, 15) is 9.67 Å².